The molecule has 0 aliphatic carbocycles. The van der Waals surface area contributed by atoms with Gasteiger partial charge in [0.15, 0.2) is 5.65 Å². The van der Waals surface area contributed by atoms with Crippen molar-refractivity contribution >= 4 is 22.5 Å². The zero-order valence-electron chi connectivity index (χ0n) is 15.7. The molecule has 28 heavy (non-hydrogen) atoms. The average molecular weight is 377 g/mol. The number of hydrogen-bond donors (Lipinski definition) is 1. The van der Waals surface area contributed by atoms with Gasteiger partial charge in [-0.15, -0.1) is 0 Å². The number of nitrogens with zero attached hydrogens (tertiary/aromatic N) is 4. The maximum Gasteiger partial charge on any atom is 0.168 e. The second-order valence-electron chi connectivity index (χ2n) is 5.91. The monoisotopic (exact) mass is 377 g/mol. The van der Waals surface area contributed by atoms with Gasteiger partial charge in [0, 0.05) is 6.07 Å². The van der Waals surface area contributed by atoms with Crippen LogP contribution in [0.3, 0.4) is 0 Å². The largest absolute Gasteiger partial charge is 0.497 e. The van der Waals surface area contributed by atoms with Crippen LogP contribution in [0.2, 0.25) is 0 Å². The first-order valence-corrected chi connectivity index (χ1v) is 8.55. The van der Waals surface area contributed by atoms with Crippen molar-refractivity contribution in [3.63, 3.8) is 0 Å². The molecule has 8 heteroatoms. The van der Waals surface area contributed by atoms with Crippen molar-refractivity contribution in [3.8, 4) is 22.9 Å². The van der Waals surface area contributed by atoms with E-state index in [1.807, 2.05) is 42.5 Å². The molecule has 0 aliphatic rings. The minimum Gasteiger partial charge on any atom is -0.497 e. The van der Waals surface area contributed by atoms with Crippen LogP contribution < -0.4 is 19.5 Å². The van der Waals surface area contributed by atoms with Gasteiger partial charge in [-0.2, -0.15) is 5.10 Å². The Morgan fingerprint density at radius 3 is 2.32 bits per heavy atom. The van der Waals surface area contributed by atoms with Gasteiger partial charge < -0.3 is 19.5 Å². The Labute approximate surface area is 161 Å². The molecule has 0 radical (unpaired) electrons. The van der Waals surface area contributed by atoms with E-state index in [1.165, 1.54) is 6.33 Å². The fourth-order valence-corrected chi connectivity index (χ4v) is 2.89. The van der Waals surface area contributed by atoms with Gasteiger partial charge in [-0.25, -0.2) is 14.6 Å². The minimum absolute atomic E-state index is 0.633. The van der Waals surface area contributed by atoms with Gasteiger partial charge in [-0.05, 0) is 36.4 Å². The Hall–Kier alpha value is -3.81. The van der Waals surface area contributed by atoms with Crippen LogP contribution in [0.1, 0.15) is 0 Å². The van der Waals surface area contributed by atoms with E-state index in [0.717, 1.165) is 22.5 Å². The Morgan fingerprint density at radius 1 is 0.857 bits per heavy atom. The van der Waals surface area contributed by atoms with Gasteiger partial charge in [-0.3, -0.25) is 0 Å². The molecule has 2 aromatic heterocycles. The summed E-state index contributed by atoms with van der Waals surface area (Å²) in [5.74, 6) is 2.77. The van der Waals surface area contributed by atoms with Crippen LogP contribution >= 0.6 is 0 Å². The molecular formula is C20H19N5O3. The van der Waals surface area contributed by atoms with Crippen LogP contribution in [-0.2, 0) is 0 Å². The summed E-state index contributed by atoms with van der Waals surface area (Å²) in [5.41, 5.74) is 2.33. The van der Waals surface area contributed by atoms with Crippen molar-refractivity contribution in [3.05, 3.63) is 55.0 Å². The Morgan fingerprint density at radius 2 is 1.61 bits per heavy atom. The number of nitrogens with one attached hydrogen (secondary N) is 1. The highest BCUT2D eigenvalue weighted by Gasteiger charge is 2.13. The lowest BCUT2D eigenvalue weighted by molar-refractivity contribution is 0.395. The summed E-state index contributed by atoms with van der Waals surface area (Å²) in [7, 11) is 4.86. The van der Waals surface area contributed by atoms with E-state index >= 15 is 0 Å². The fraction of sp³-hybridized carbons (Fsp3) is 0.150. The van der Waals surface area contributed by atoms with E-state index in [-0.39, 0.29) is 0 Å². The molecule has 0 spiro atoms. The molecule has 0 saturated heterocycles. The molecule has 2 heterocycles. The van der Waals surface area contributed by atoms with Crippen LogP contribution in [0, 0.1) is 0 Å². The normalized spacial score (nSPS) is 10.7. The first-order chi connectivity index (χ1) is 13.7. The molecule has 142 valence electrons. The number of hydrogen-bond acceptors (Lipinski definition) is 7. The summed E-state index contributed by atoms with van der Waals surface area (Å²) in [6.45, 7) is 0. The molecule has 8 nitrogen and oxygen atoms in total. The lowest BCUT2D eigenvalue weighted by Crippen LogP contribution is -2.00. The topological polar surface area (TPSA) is 83.3 Å². The molecule has 0 bridgehead atoms. The van der Waals surface area contributed by atoms with Gasteiger partial charge in [0.1, 0.15) is 29.4 Å². The summed E-state index contributed by atoms with van der Waals surface area (Å²) in [5, 5.41) is 8.56. The maximum atomic E-state index is 5.45. The maximum absolute atomic E-state index is 5.45. The van der Waals surface area contributed by atoms with Crippen molar-refractivity contribution in [1.82, 2.24) is 19.7 Å². The number of anilines is 2. The third-order valence-corrected chi connectivity index (χ3v) is 4.34. The molecule has 0 amide bonds. The number of aromatic nitrogens is 4. The molecule has 0 aliphatic heterocycles. The second kappa shape index (κ2) is 7.43. The summed E-state index contributed by atoms with van der Waals surface area (Å²) >= 11 is 0. The van der Waals surface area contributed by atoms with Gasteiger partial charge in [0.2, 0.25) is 0 Å². The van der Waals surface area contributed by atoms with Crippen LogP contribution in [0.15, 0.2) is 55.0 Å². The molecule has 0 saturated carbocycles. The molecule has 4 rings (SSSR count). The van der Waals surface area contributed by atoms with Crippen molar-refractivity contribution < 1.29 is 14.2 Å². The van der Waals surface area contributed by atoms with Gasteiger partial charge >= 0.3 is 0 Å². The first-order valence-electron chi connectivity index (χ1n) is 8.55. The summed E-state index contributed by atoms with van der Waals surface area (Å²) < 4.78 is 17.7. The van der Waals surface area contributed by atoms with Crippen molar-refractivity contribution in [2.45, 2.75) is 0 Å². The molecule has 0 unspecified atom stereocenters. The highest BCUT2D eigenvalue weighted by atomic mass is 16.5. The number of rotatable bonds is 6. The third-order valence-electron chi connectivity index (χ3n) is 4.34. The standard InChI is InChI=1S/C20H19N5O3/c1-26-14-6-4-13(5-7-14)25-20-16(11-23-25)19(21-12-22-20)24-17-9-8-15(27-2)10-18(17)28-3/h4-12H,1-3H3,(H,21,22,24). The van der Waals surface area contributed by atoms with Crippen LogP contribution in [0.5, 0.6) is 17.2 Å². The number of benzene rings is 2. The van der Waals surface area contributed by atoms with Crippen molar-refractivity contribution in [2.75, 3.05) is 26.6 Å². The predicted octanol–water partition coefficient (Wildman–Crippen LogP) is 3.58. The van der Waals surface area contributed by atoms with Crippen LogP contribution in [0.25, 0.3) is 16.7 Å². The zero-order chi connectivity index (χ0) is 19.5. The number of methoxy groups -OCH3 is 3. The Kier molecular flexibility index (Phi) is 4.67. The summed E-state index contributed by atoms with van der Waals surface area (Å²) in [6, 6.07) is 13.1. The van der Waals surface area contributed by atoms with E-state index in [1.54, 1.807) is 32.2 Å². The van der Waals surface area contributed by atoms with E-state index in [0.29, 0.717) is 23.0 Å². The van der Waals surface area contributed by atoms with Crippen molar-refractivity contribution in [1.29, 1.82) is 0 Å². The third kappa shape index (κ3) is 3.16. The fourth-order valence-electron chi connectivity index (χ4n) is 2.89. The molecule has 0 atom stereocenters. The Bertz CT molecular complexity index is 1110. The van der Waals surface area contributed by atoms with E-state index < -0.39 is 0 Å². The Balaban J connectivity index is 1.72. The van der Waals surface area contributed by atoms with Crippen LogP contribution in [0.4, 0.5) is 11.5 Å². The predicted molar refractivity (Wildman–Crippen MR) is 106 cm³/mol. The first kappa shape index (κ1) is 17.6. The lowest BCUT2D eigenvalue weighted by atomic mass is 10.2. The number of ether oxygens (including phenoxy) is 3. The molecule has 4 aromatic rings. The highest BCUT2D eigenvalue weighted by Crippen LogP contribution is 2.33. The average Bonchev–Trinajstić information content (AvgIpc) is 3.19. The van der Waals surface area contributed by atoms with Gasteiger partial charge in [0.25, 0.3) is 0 Å². The zero-order valence-corrected chi connectivity index (χ0v) is 15.7. The molecular weight excluding hydrogens is 358 g/mol. The lowest BCUT2D eigenvalue weighted by Gasteiger charge is -2.12. The molecule has 2 aromatic carbocycles. The minimum atomic E-state index is 0.633. The van der Waals surface area contributed by atoms with E-state index in [2.05, 4.69) is 20.4 Å². The quantitative estimate of drug-likeness (QED) is 0.550. The second-order valence-corrected chi connectivity index (χ2v) is 5.91. The molecule has 1 N–H and O–H groups in total. The van der Waals surface area contributed by atoms with E-state index in [9.17, 15) is 0 Å². The van der Waals surface area contributed by atoms with Gasteiger partial charge in [0.05, 0.1) is 44.3 Å². The smallest absolute Gasteiger partial charge is 0.168 e. The SMILES string of the molecule is COc1ccc(-n2ncc3c(Nc4ccc(OC)cc4OC)ncnc32)cc1. The highest BCUT2D eigenvalue weighted by molar-refractivity contribution is 5.89. The van der Waals surface area contributed by atoms with Crippen LogP contribution in [-0.4, -0.2) is 41.1 Å². The van der Waals surface area contributed by atoms with Gasteiger partial charge in [-0.1, -0.05) is 0 Å². The summed E-state index contributed by atoms with van der Waals surface area (Å²) in [4.78, 5) is 8.77. The number of fused-ring (bicyclic) bond motifs is 1. The van der Waals surface area contributed by atoms with Crippen molar-refractivity contribution in [2.24, 2.45) is 0 Å². The van der Waals surface area contributed by atoms with E-state index in [4.69, 9.17) is 14.2 Å². The molecule has 0 fully saturated rings. The summed E-state index contributed by atoms with van der Waals surface area (Å²) in [6.07, 6.45) is 3.24.